The number of nitrogens with zero attached hydrogens (tertiary/aromatic N) is 6. The van der Waals surface area contributed by atoms with Gasteiger partial charge >= 0.3 is 0 Å². The zero-order chi connectivity index (χ0) is 34.8. The molecule has 0 aliphatic carbocycles. The molecule has 2 saturated heterocycles. The van der Waals surface area contributed by atoms with E-state index < -0.39 is 0 Å². The lowest BCUT2D eigenvalue weighted by Gasteiger charge is -2.23. The van der Waals surface area contributed by atoms with Crippen molar-refractivity contribution in [2.75, 3.05) is 49.1 Å². The van der Waals surface area contributed by atoms with Crippen molar-refractivity contribution >= 4 is 23.2 Å². The standard InChI is InChI=1S/2C21H21N3O/c2*1-15-12-23(14-22)13-19(15)21(25)24-10-9-18-11-17(7-8-20(18)24)16-5-3-2-4-6-16/h2*2-8,11,15,19H,9-10,12-13H2,1H3/t2*15-,19-/m10/s1. The molecule has 4 aromatic carbocycles. The summed E-state index contributed by atoms with van der Waals surface area (Å²) in [7, 11) is 0. The number of anilines is 2. The molecule has 2 fully saturated rings. The number of hydrogen-bond donors (Lipinski definition) is 0. The molecule has 2 amide bonds. The van der Waals surface area contributed by atoms with Gasteiger partial charge < -0.3 is 19.6 Å². The van der Waals surface area contributed by atoms with Gasteiger partial charge in [0.25, 0.3) is 0 Å². The third kappa shape index (κ3) is 6.42. The summed E-state index contributed by atoms with van der Waals surface area (Å²) in [6, 6.07) is 33.4. The van der Waals surface area contributed by atoms with Crippen molar-refractivity contribution in [3.63, 3.8) is 0 Å². The zero-order valence-electron chi connectivity index (χ0n) is 28.7. The van der Waals surface area contributed by atoms with E-state index in [1.165, 1.54) is 33.4 Å². The number of hydrogen-bond acceptors (Lipinski definition) is 6. The van der Waals surface area contributed by atoms with Gasteiger partial charge in [0.05, 0.1) is 11.8 Å². The van der Waals surface area contributed by atoms with E-state index in [4.69, 9.17) is 10.5 Å². The zero-order valence-corrected chi connectivity index (χ0v) is 28.7. The van der Waals surface area contributed by atoms with Crippen LogP contribution in [0.3, 0.4) is 0 Å². The number of nitriles is 2. The molecule has 8 nitrogen and oxygen atoms in total. The minimum Gasteiger partial charge on any atom is -0.312 e. The molecule has 252 valence electrons. The Kier molecular flexibility index (Phi) is 9.28. The molecule has 4 atom stereocenters. The normalized spacial score (nSPS) is 21.9. The molecular formula is C42H42N6O2. The highest BCUT2D eigenvalue weighted by Crippen LogP contribution is 2.37. The summed E-state index contributed by atoms with van der Waals surface area (Å²) in [4.78, 5) is 33.3. The number of carbonyl (C=O) groups is 2. The van der Waals surface area contributed by atoms with Gasteiger partial charge in [-0.2, -0.15) is 10.5 Å². The predicted molar refractivity (Wildman–Crippen MR) is 196 cm³/mol. The maximum atomic E-state index is 13.0. The van der Waals surface area contributed by atoms with Gasteiger partial charge in [-0.05, 0) is 82.3 Å². The smallest absolute Gasteiger partial charge is 0.232 e. The average Bonchev–Trinajstić information content (AvgIpc) is 3.96. The second-order valence-corrected chi connectivity index (χ2v) is 14.1. The number of rotatable bonds is 4. The van der Waals surface area contributed by atoms with Crippen LogP contribution in [0.2, 0.25) is 0 Å². The van der Waals surface area contributed by atoms with Crippen LogP contribution in [0, 0.1) is 46.6 Å². The Balaban J connectivity index is 0.000000157. The second-order valence-electron chi connectivity index (χ2n) is 14.1. The summed E-state index contributed by atoms with van der Waals surface area (Å²) in [5.41, 5.74) is 9.32. The highest BCUT2D eigenvalue weighted by atomic mass is 16.2. The van der Waals surface area contributed by atoms with Crippen LogP contribution >= 0.6 is 0 Å². The molecule has 4 aromatic rings. The number of amides is 2. The van der Waals surface area contributed by atoms with Crippen LogP contribution in [0.5, 0.6) is 0 Å². The van der Waals surface area contributed by atoms with Gasteiger partial charge in [-0.3, -0.25) is 9.59 Å². The third-order valence-corrected chi connectivity index (χ3v) is 10.8. The molecule has 50 heavy (non-hydrogen) atoms. The Hall–Kier alpha value is -5.60. The first-order valence-electron chi connectivity index (χ1n) is 17.6. The van der Waals surface area contributed by atoms with Crippen molar-refractivity contribution in [2.24, 2.45) is 23.7 Å². The van der Waals surface area contributed by atoms with E-state index in [2.05, 4.69) is 86.9 Å². The van der Waals surface area contributed by atoms with E-state index in [9.17, 15) is 9.59 Å². The molecule has 0 spiro atoms. The quantitative estimate of drug-likeness (QED) is 0.229. The van der Waals surface area contributed by atoms with Gasteiger partial charge in [-0.1, -0.05) is 86.6 Å². The number of fused-ring (bicyclic) bond motifs is 2. The Morgan fingerprint density at radius 1 is 0.560 bits per heavy atom. The first-order chi connectivity index (χ1) is 24.3. The third-order valence-electron chi connectivity index (χ3n) is 10.8. The Bertz CT molecular complexity index is 1820. The number of likely N-dealkylation sites (tertiary alicyclic amines) is 2. The first kappa shape index (κ1) is 32.9. The topological polar surface area (TPSA) is 94.7 Å². The molecule has 0 bridgehead atoms. The summed E-state index contributed by atoms with van der Waals surface area (Å²) in [5.74, 6) is 0.603. The minimum atomic E-state index is -0.0839. The Labute approximate surface area is 294 Å². The molecule has 8 heteroatoms. The van der Waals surface area contributed by atoms with Crippen LogP contribution in [0.1, 0.15) is 25.0 Å². The number of carbonyl (C=O) groups excluding carboxylic acids is 2. The van der Waals surface area contributed by atoms with Crippen LogP contribution in [0.25, 0.3) is 22.3 Å². The molecule has 0 aromatic heterocycles. The predicted octanol–water partition coefficient (Wildman–Crippen LogP) is 6.58. The van der Waals surface area contributed by atoms with Crippen molar-refractivity contribution in [1.29, 1.82) is 10.5 Å². The van der Waals surface area contributed by atoms with Gasteiger partial charge in [-0.15, -0.1) is 0 Å². The highest BCUT2D eigenvalue weighted by Gasteiger charge is 2.40. The second kappa shape index (κ2) is 14.1. The molecule has 0 N–H and O–H groups in total. The van der Waals surface area contributed by atoms with Gasteiger partial charge in [0.2, 0.25) is 11.8 Å². The van der Waals surface area contributed by atoms with Crippen molar-refractivity contribution in [1.82, 2.24) is 9.80 Å². The monoisotopic (exact) mass is 662 g/mol. The molecular weight excluding hydrogens is 621 g/mol. The van der Waals surface area contributed by atoms with E-state index in [0.29, 0.717) is 26.2 Å². The molecule has 0 unspecified atom stereocenters. The Morgan fingerprint density at radius 2 is 0.960 bits per heavy atom. The van der Waals surface area contributed by atoms with E-state index in [1.807, 2.05) is 46.2 Å². The fraction of sp³-hybridized carbons (Fsp3) is 0.333. The molecule has 4 heterocycles. The van der Waals surface area contributed by atoms with E-state index >= 15 is 0 Å². The molecule has 8 rings (SSSR count). The van der Waals surface area contributed by atoms with Gasteiger partial charge in [-0.25, -0.2) is 0 Å². The summed E-state index contributed by atoms with van der Waals surface area (Å²) >= 11 is 0. The lowest BCUT2D eigenvalue weighted by molar-refractivity contribution is -0.123. The van der Waals surface area contributed by atoms with Crippen molar-refractivity contribution in [3.8, 4) is 34.6 Å². The van der Waals surface area contributed by atoms with Crippen molar-refractivity contribution in [3.05, 3.63) is 108 Å². The lowest BCUT2D eigenvalue weighted by Crippen LogP contribution is -2.37. The van der Waals surface area contributed by atoms with Gasteiger partial charge in [0, 0.05) is 50.6 Å². The minimum absolute atomic E-state index is 0.0839. The first-order valence-corrected chi connectivity index (χ1v) is 17.6. The van der Waals surface area contributed by atoms with E-state index in [1.54, 1.807) is 9.80 Å². The van der Waals surface area contributed by atoms with E-state index in [-0.39, 0.29) is 35.5 Å². The molecule has 4 aliphatic rings. The van der Waals surface area contributed by atoms with Crippen molar-refractivity contribution < 1.29 is 9.59 Å². The molecule has 4 aliphatic heterocycles. The summed E-state index contributed by atoms with van der Waals surface area (Å²) in [6.07, 6.45) is 6.14. The number of benzene rings is 4. The molecule has 0 saturated carbocycles. The average molecular weight is 663 g/mol. The van der Waals surface area contributed by atoms with E-state index in [0.717, 1.165) is 37.3 Å². The van der Waals surface area contributed by atoms with Crippen LogP contribution < -0.4 is 9.80 Å². The maximum Gasteiger partial charge on any atom is 0.232 e. The highest BCUT2D eigenvalue weighted by molar-refractivity contribution is 5.98. The Morgan fingerprint density at radius 3 is 1.32 bits per heavy atom. The summed E-state index contributed by atoms with van der Waals surface area (Å²) in [6.45, 7) is 8.06. The van der Waals surface area contributed by atoms with Crippen molar-refractivity contribution in [2.45, 2.75) is 26.7 Å². The van der Waals surface area contributed by atoms with Gasteiger partial charge in [0.1, 0.15) is 0 Å². The van der Waals surface area contributed by atoms with Gasteiger partial charge in [0.15, 0.2) is 12.4 Å². The van der Waals surface area contributed by atoms with Crippen LogP contribution in [-0.2, 0) is 22.4 Å². The summed E-state index contributed by atoms with van der Waals surface area (Å²) in [5, 5.41) is 18.2. The largest absolute Gasteiger partial charge is 0.312 e. The summed E-state index contributed by atoms with van der Waals surface area (Å²) < 4.78 is 0. The molecule has 0 radical (unpaired) electrons. The van der Waals surface area contributed by atoms with Crippen LogP contribution in [-0.4, -0.2) is 60.9 Å². The SMILES string of the molecule is C[C@@H]1CN(C#N)C[C@H]1C(=O)N1CCc2cc(-c3ccccc3)ccc21.C[C@H]1CN(C#N)C[C@@H]1C(=O)N1CCc2cc(-c3ccccc3)ccc21. The van der Waals surface area contributed by atoms with Crippen LogP contribution in [0.15, 0.2) is 97.1 Å². The van der Waals surface area contributed by atoms with Crippen LogP contribution in [0.4, 0.5) is 11.4 Å². The maximum absolute atomic E-state index is 13.0. The lowest BCUT2D eigenvalue weighted by atomic mass is 9.96. The fourth-order valence-corrected chi connectivity index (χ4v) is 8.02. The fourth-order valence-electron chi connectivity index (χ4n) is 8.02.